The van der Waals surface area contributed by atoms with Crippen LogP contribution in [-0.4, -0.2) is 17.3 Å². The topological polar surface area (TPSA) is 0 Å². The SMILES string of the molecule is CC1=CCS1(C)C(C)C. The molecule has 0 aromatic rings. The predicted molar refractivity (Wildman–Crippen MR) is 47.3 cm³/mol. The second-order valence-corrected chi connectivity index (χ2v) is 7.42. The Morgan fingerprint density at radius 1 is 1.56 bits per heavy atom. The number of hydrogen-bond acceptors (Lipinski definition) is 0. The van der Waals surface area contributed by atoms with E-state index < -0.39 is 0 Å². The van der Waals surface area contributed by atoms with Gasteiger partial charge in [-0.25, -0.2) is 10.0 Å². The van der Waals surface area contributed by atoms with E-state index in [9.17, 15) is 0 Å². The van der Waals surface area contributed by atoms with Crippen LogP contribution in [0.1, 0.15) is 20.8 Å². The van der Waals surface area contributed by atoms with Crippen molar-refractivity contribution in [3.63, 3.8) is 0 Å². The van der Waals surface area contributed by atoms with Crippen LogP contribution in [0.5, 0.6) is 0 Å². The van der Waals surface area contributed by atoms with Crippen molar-refractivity contribution in [2.45, 2.75) is 26.0 Å². The van der Waals surface area contributed by atoms with Gasteiger partial charge in [0.1, 0.15) is 0 Å². The molecule has 0 spiro atoms. The lowest BCUT2D eigenvalue weighted by Gasteiger charge is -2.47. The van der Waals surface area contributed by atoms with E-state index in [-0.39, 0.29) is 10.0 Å². The molecule has 1 aliphatic rings. The van der Waals surface area contributed by atoms with Gasteiger partial charge >= 0.3 is 0 Å². The average molecular weight is 144 g/mol. The van der Waals surface area contributed by atoms with Crippen molar-refractivity contribution in [2.75, 3.05) is 12.0 Å². The molecule has 0 nitrogen and oxygen atoms in total. The van der Waals surface area contributed by atoms with E-state index in [2.05, 4.69) is 33.1 Å². The van der Waals surface area contributed by atoms with Gasteiger partial charge in [0.05, 0.1) is 0 Å². The number of hydrogen-bond donors (Lipinski definition) is 0. The average Bonchev–Trinajstić information content (AvgIpc) is 1.82. The fraction of sp³-hybridized carbons (Fsp3) is 0.750. The summed E-state index contributed by atoms with van der Waals surface area (Å²) < 4.78 is 0. The minimum Gasteiger partial charge on any atom is -0.216 e. The van der Waals surface area contributed by atoms with Crippen LogP contribution in [0, 0.1) is 0 Å². The van der Waals surface area contributed by atoms with Crippen molar-refractivity contribution in [1.82, 2.24) is 0 Å². The van der Waals surface area contributed by atoms with Gasteiger partial charge in [-0.05, 0) is 29.1 Å². The second kappa shape index (κ2) is 2.05. The molecule has 0 saturated carbocycles. The summed E-state index contributed by atoms with van der Waals surface area (Å²) in [6.07, 6.45) is 4.81. The fourth-order valence-electron chi connectivity index (χ4n) is 1.08. The van der Waals surface area contributed by atoms with Crippen molar-refractivity contribution in [3.05, 3.63) is 11.0 Å². The fourth-order valence-corrected chi connectivity index (χ4v) is 3.23. The molecule has 1 rings (SSSR count). The summed E-state index contributed by atoms with van der Waals surface area (Å²) in [4.78, 5) is 1.66. The Morgan fingerprint density at radius 3 is 2.11 bits per heavy atom. The van der Waals surface area contributed by atoms with E-state index in [1.54, 1.807) is 4.91 Å². The van der Waals surface area contributed by atoms with Crippen LogP contribution in [0.4, 0.5) is 0 Å². The van der Waals surface area contributed by atoms with Crippen LogP contribution in [-0.2, 0) is 0 Å². The minimum atomic E-state index is -0.273. The highest BCUT2D eigenvalue weighted by Crippen LogP contribution is 2.61. The first kappa shape index (κ1) is 7.20. The van der Waals surface area contributed by atoms with Crippen LogP contribution in [0.25, 0.3) is 0 Å². The standard InChI is InChI=1S/C8H16S/c1-7(2)9(4)6-5-8(9)3/h5,7H,6H2,1-4H3. The summed E-state index contributed by atoms with van der Waals surface area (Å²) >= 11 is 0. The molecule has 0 fully saturated rings. The maximum absolute atomic E-state index is 2.44. The van der Waals surface area contributed by atoms with Gasteiger partial charge in [-0.15, -0.1) is 0 Å². The molecule has 54 valence electrons. The first-order valence-corrected chi connectivity index (χ1v) is 5.76. The highest BCUT2D eigenvalue weighted by atomic mass is 32.3. The summed E-state index contributed by atoms with van der Waals surface area (Å²) in [5.41, 5.74) is 0. The van der Waals surface area contributed by atoms with E-state index in [4.69, 9.17) is 0 Å². The molecular weight excluding hydrogens is 128 g/mol. The quantitative estimate of drug-likeness (QED) is 0.531. The van der Waals surface area contributed by atoms with E-state index >= 15 is 0 Å². The normalized spacial score (nSPS) is 41.2. The smallest absolute Gasteiger partial charge is 0.0000827 e. The molecular formula is C8H16S. The molecule has 1 heterocycles. The summed E-state index contributed by atoms with van der Waals surface area (Å²) in [6, 6.07) is 0. The Kier molecular flexibility index (Phi) is 1.64. The molecule has 0 saturated heterocycles. The summed E-state index contributed by atoms with van der Waals surface area (Å²) in [7, 11) is -0.273. The zero-order valence-electron chi connectivity index (χ0n) is 6.77. The number of rotatable bonds is 1. The van der Waals surface area contributed by atoms with Gasteiger partial charge in [0.2, 0.25) is 0 Å². The van der Waals surface area contributed by atoms with Crippen LogP contribution in [0.15, 0.2) is 11.0 Å². The lowest BCUT2D eigenvalue weighted by molar-refractivity contribution is 1.08. The van der Waals surface area contributed by atoms with Crippen molar-refractivity contribution in [2.24, 2.45) is 0 Å². The first-order valence-electron chi connectivity index (χ1n) is 3.49. The third kappa shape index (κ3) is 0.917. The Morgan fingerprint density at radius 2 is 2.11 bits per heavy atom. The molecule has 0 aromatic carbocycles. The molecule has 0 aromatic heterocycles. The van der Waals surface area contributed by atoms with Gasteiger partial charge in [0, 0.05) is 0 Å². The molecule has 0 amide bonds. The Balaban J connectivity index is 2.69. The molecule has 0 N–H and O–H groups in total. The zero-order valence-corrected chi connectivity index (χ0v) is 7.59. The van der Waals surface area contributed by atoms with Crippen molar-refractivity contribution >= 4 is 10.0 Å². The maximum atomic E-state index is 2.44. The van der Waals surface area contributed by atoms with Crippen LogP contribution < -0.4 is 0 Å². The van der Waals surface area contributed by atoms with Crippen LogP contribution in [0.3, 0.4) is 0 Å². The third-order valence-electron chi connectivity index (χ3n) is 2.49. The van der Waals surface area contributed by atoms with Crippen LogP contribution in [0.2, 0.25) is 0 Å². The largest absolute Gasteiger partial charge is 0.216 e. The predicted octanol–water partition coefficient (Wildman–Crippen LogP) is 2.75. The molecule has 0 radical (unpaired) electrons. The Hall–Kier alpha value is 0.0900. The van der Waals surface area contributed by atoms with Gasteiger partial charge in [-0.2, -0.15) is 0 Å². The van der Waals surface area contributed by atoms with Crippen molar-refractivity contribution in [1.29, 1.82) is 0 Å². The van der Waals surface area contributed by atoms with Gasteiger partial charge in [0.25, 0.3) is 0 Å². The Bertz CT molecular complexity index is 147. The molecule has 0 bridgehead atoms. The molecule has 1 heteroatoms. The van der Waals surface area contributed by atoms with Gasteiger partial charge in [0.15, 0.2) is 0 Å². The molecule has 1 aliphatic heterocycles. The van der Waals surface area contributed by atoms with E-state index in [1.807, 2.05) is 0 Å². The van der Waals surface area contributed by atoms with Crippen LogP contribution >= 0.6 is 10.0 Å². The molecule has 1 unspecified atom stereocenters. The zero-order chi connectivity index (χ0) is 7.07. The lowest BCUT2D eigenvalue weighted by atomic mass is 10.5. The van der Waals surface area contributed by atoms with E-state index in [0.29, 0.717) is 0 Å². The highest BCUT2D eigenvalue weighted by molar-refractivity contribution is 8.37. The summed E-state index contributed by atoms with van der Waals surface area (Å²) in [6.45, 7) is 6.95. The first-order chi connectivity index (χ1) is 4.07. The van der Waals surface area contributed by atoms with Gasteiger partial charge < -0.3 is 0 Å². The van der Waals surface area contributed by atoms with E-state index in [0.717, 1.165) is 5.25 Å². The molecule has 9 heavy (non-hydrogen) atoms. The Labute approximate surface area is 59.7 Å². The van der Waals surface area contributed by atoms with Gasteiger partial charge in [-0.3, -0.25) is 0 Å². The van der Waals surface area contributed by atoms with E-state index in [1.165, 1.54) is 5.75 Å². The third-order valence-corrected chi connectivity index (χ3v) is 7.07. The van der Waals surface area contributed by atoms with Crippen molar-refractivity contribution in [3.8, 4) is 0 Å². The number of allylic oxidation sites excluding steroid dienone is 1. The summed E-state index contributed by atoms with van der Waals surface area (Å²) in [5.74, 6) is 1.37. The molecule has 0 aliphatic carbocycles. The second-order valence-electron chi connectivity index (χ2n) is 3.19. The monoisotopic (exact) mass is 144 g/mol. The van der Waals surface area contributed by atoms with Crippen molar-refractivity contribution < 1.29 is 0 Å². The molecule has 1 atom stereocenters. The minimum absolute atomic E-state index is 0.273. The summed E-state index contributed by atoms with van der Waals surface area (Å²) in [5, 5.41) is 0.891. The highest BCUT2D eigenvalue weighted by Gasteiger charge is 2.29. The maximum Gasteiger partial charge on any atom is -0.0000827 e. The van der Waals surface area contributed by atoms with Gasteiger partial charge in [-0.1, -0.05) is 19.9 Å². The lowest BCUT2D eigenvalue weighted by Crippen LogP contribution is -2.20.